The second-order valence-electron chi connectivity index (χ2n) is 21.8. The summed E-state index contributed by atoms with van der Waals surface area (Å²) in [6, 6.07) is 0.983. The first-order valence-electron chi connectivity index (χ1n) is 26.5. The van der Waals surface area contributed by atoms with Crippen molar-refractivity contribution in [2.75, 3.05) is 55.7 Å². The molecule has 2 radical (unpaired) electrons. The molecule has 0 aromatic carbocycles. The fourth-order valence-corrected chi connectivity index (χ4v) is 11.6. The molecular weight excluding hydrogens is 1130 g/mol. The van der Waals surface area contributed by atoms with E-state index in [0.29, 0.717) is 63.6 Å². The number of hydrogen-bond acceptors (Lipinski definition) is 18. The molecule has 76 heavy (non-hydrogen) atoms. The predicted molar refractivity (Wildman–Crippen MR) is 319 cm³/mol. The number of Topliss-reactive ketones (excluding diaryl/α,β-unsaturated/α-hetero) is 1. The number of carboxylic acid groups (broad SMARTS) is 3. The standard InChI is InChI=1S/C18H33NO4S.C15H24O5.C12H24N2O2S.C6H16N2S2.CBN.BrH.Na.H/c1-17(2,3)23-16(22)7-10-18(13-15(20)21)8-5-14(6-9-18)19-11-4-12-24;1-14(2,3)20-13(19)6-9-15(10-12(17)18)7-4-11(16)5-8-15;13-9-12(8-11(15)16)4-2-10(3-5-12)14-6-1-7-17;7-3-1-5-9-10-6-2-4-8;2-1-3;;;/h14,19,24H,4-13H2,1-3H3,(H,20,21);4-10H2,1-3H3,(H,17,18);10,14,17H,1-9,13H2,(H,15,16);1-8H2;;1H;;/q;;;;;;+1;-1. The number of hydrogen-bond donors (Lipinski definition) is 10. The number of nitrogens with two attached hydrogens (primary N) is 3. The number of nitrogens with one attached hydrogen (secondary N) is 2. The molecule has 0 aliphatic heterocycles. The van der Waals surface area contributed by atoms with E-state index in [0.717, 1.165) is 115 Å². The first-order valence-corrected chi connectivity index (χ1v) is 30.2. The minimum atomic E-state index is -0.872. The van der Waals surface area contributed by atoms with Crippen LogP contribution in [0, 0.1) is 27.5 Å². The van der Waals surface area contributed by atoms with Crippen molar-refractivity contribution in [1.82, 2.24) is 10.6 Å². The molecule has 0 heterocycles. The number of esters is 2. The predicted octanol–water partition coefficient (Wildman–Crippen LogP) is 5.79. The van der Waals surface area contributed by atoms with Gasteiger partial charge < -0.3 is 54.1 Å². The molecule has 3 aliphatic carbocycles. The molecule has 438 valence electrons. The number of carboxylic acids is 3. The third kappa shape index (κ3) is 44.9. The molecule has 24 heteroatoms. The Kier molecular flexibility index (Phi) is 50.3. The maximum Gasteiger partial charge on any atom is 1.00 e. The Balaban J connectivity index is -0.000000300. The SMILES string of the molecule is Br.CC(C)(C)OC(=O)CCC1(CC(=O)O)CCC(=O)CC1.CC(C)(C)OC(=O)CCC1(CC(=O)O)CCC(NCCCS)CC1.NCC1(CC(=O)O)CCC(NCCCS)CC1.NCCCSSCCCN.[B]C#N.[H-].[Na+]. The molecular formula is C52H99BBrN6NaO11S4. The van der Waals surface area contributed by atoms with Crippen LogP contribution in [0.15, 0.2) is 0 Å². The zero-order valence-corrected chi connectivity index (χ0v) is 54.4. The smallest absolute Gasteiger partial charge is 1.00 e. The van der Waals surface area contributed by atoms with Gasteiger partial charge in [-0.15, -0.1) is 17.0 Å². The zero-order valence-electron chi connectivity index (χ0n) is 48.3. The minimum Gasteiger partial charge on any atom is -1.00 e. The van der Waals surface area contributed by atoms with Crippen molar-refractivity contribution in [3.63, 3.8) is 0 Å². The summed E-state index contributed by atoms with van der Waals surface area (Å²) in [4.78, 5) is 68.2. The van der Waals surface area contributed by atoms with Crippen molar-refractivity contribution in [3.8, 4) is 5.97 Å². The summed E-state index contributed by atoms with van der Waals surface area (Å²) in [5.41, 5.74) is 14.5. The number of nitrogens with zero attached hydrogens (tertiary/aromatic N) is 1. The van der Waals surface area contributed by atoms with Gasteiger partial charge in [0.15, 0.2) is 0 Å². The van der Waals surface area contributed by atoms with E-state index in [1.807, 2.05) is 42.4 Å². The van der Waals surface area contributed by atoms with Crippen LogP contribution in [-0.4, -0.2) is 138 Å². The summed E-state index contributed by atoms with van der Waals surface area (Å²) < 4.78 is 10.6. The van der Waals surface area contributed by atoms with E-state index in [1.54, 1.807) is 20.8 Å². The normalized spacial score (nSPS) is 20.6. The van der Waals surface area contributed by atoms with Gasteiger partial charge in [0.2, 0.25) is 7.85 Å². The molecule has 3 fully saturated rings. The fourth-order valence-electron chi connectivity index (χ4n) is 9.07. The molecule has 0 unspecified atom stereocenters. The van der Waals surface area contributed by atoms with Crippen molar-refractivity contribution >= 4 is 107 Å². The van der Waals surface area contributed by atoms with E-state index in [-0.39, 0.29) is 102 Å². The molecule has 17 nitrogen and oxygen atoms in total. The summed E-state index contributed by atoms with van der Waals surface area (Å²) >= 11 is 8.39. The van der Waals surface area contributed by atoms with E-state index in [2.05, 4.69) is 43.7 Å². The van der Waals surface area contributed by atoms with Crippen molar-refractivity contribution in [2.24, 2.45) is 33.4 Å². The maximum absolute atomic E-state index is 12.0. The van der Waals surface area contributed by atoms with Crippen LogP contribution in [0.2, 0.25) is 0 Å². The second kappa shape index (κ2) is 46.8. The van der Waals surface area contributed by atoms with Gasteiger partial charge in [-0.3, -0.25) is 28.8 Å². The third-order valence-corrected chi connectivity index (χ3v) is 16.2. The quantitative estimate of drug-likeness (QED) is 0.0146. The summed E-state index contributed by atoms with van der Waals surface area (Å²) in [6.07, 6.45) is 15.8. The monoisotopic (exact) mass is 1220 g/mol. The molecule has 0 atom stereocenters. The van der Waals surface area contributed by atoms with Crippen molar-refractivity contribution < 1.29 is 84.5 Å². The number of thiol groups is 2. The van der Waals surface area contributed by atoms with Crippen LogP contribution in [0.4, 0.5) is 0 Å². The molecule has 0 saturated heterocycles. The first kappa shape index (κ1) is 81.7. The summed E-state index contributed by atoms with van der Waals surface area (Å²) in [5.74, 6) is 2.64. The van der Waals surface area contributed by atoms with Crippen LogP contribution in [-0.2, 0) is 38.2 Å². The van der Waals surface area contributed by atoms with Gasteiger partial charge in [-0.25, -0.2) is 5.26 Å². The Bertz CT molecular complexity index is 1620. The number of nitriles is 1. The van der Waals surface area contributed by atoms with E-state index in [1.165, 1.54) is 17.5 Å². The van der Waals surface area contributed by atoms with Crippen LogP contribution in [0.5, 0.6) is 0 Å². The Morgan fingerprint density at radius 1 is 0.671 bits per heavy atom. The van der Waals surface area contributed by atoms with E-state index in [9.17, 15) is 33.9 Å². The van der Waals surface area contributed by atoms with Crippen molar-refractivity contribution in [2.45, 2.75) is 213 Å². The summed E-state index contributed by atoms with van der Waals surface area (Å²) in [5, 5.41) is 41.4. The van der Waals surface area contributed by atoms with Crippen molar-refractivity contribution in [1.29, 1.82) is 5.26 Å². The van der Waals surface area contributed by atoms with Gasteiger partial charge in [0.25, 0.3) is 0 Å². The number of rotatable bonds is 28. The van der Waals surface area contributed by atoms with Gasteiger partial charge in [-0.05, 0) is 211 Å². The van der Waals surface area contributed by atoms with Gasteiger partial charge >= 0.3 is 59.4 Å². The number of ether oxygens (including phenoxy) is 2. The average molecular weight is 1230 g/mol. The topological polar surface area (TPSA) is 307 Å². The Labute approximate surface area is 511 Å². The molecule has 3 aliphatic rings. The molecule has 0 bridgehead atoms. The first-order chi connectivity index (χ1) is 34.7. The van der Waals surface area contributed by atoms with Gasteiger partial charge in [-0.1, -0.05) is 21.6 Å². The Morgan fingerprint density at radius 3 is 1.28 bits per heavy atom. The molecule has 3 saturated carbocycles. The van der Waals surface area contributed by atoms with Gasteiger partial charge in [-0.2, -0.15) is 25.3 Å². The number of ketones is 1. The molecule has 3 rings (SSSR count). The van der Waals surface area contributed by atoms with Crippen LogP contribution < -0.4 is 57.4 Å². The molecule has 11 N–H and O–H groups in total. The molecule has 0 aromatic rings. The maximum atomic E-state index is 12.0. The van der Waals surface area contributed by atoms with Crippen LogP contribution in [0.1, 0.15) is 191 Å². The van der Waals surface area contributed by atoms with Crippen LogP contribution in [0.25, 0.3) is 0 Å². The minimum absolute atomic E-state index is 0. The number of carbonyl (C=O) groups excluding carboxylic acids is 3. The van der Waals surface area contributed by atoms with Gasteiger partial charge in [0, 0.05) is 49.3 Å². The fraction of sp³-hybridized carbons (Fsp3) is 0.865. The Hall–Kier alpha value is -0.745. The number of carbonyl (C=O) groups is 6. The second-order valence-corrected chi connectivity index (χ2v) is 25.4. The number of halogens is 1. The van der Waals surface area contributed by atoms with Crippen LogP contribution >= 0.6 is 63.8 Å². The van der Waals surface area contributed by atoms with E-state index in [4.69, 9.17) is 42.1 Å². The van der Waals surface area contributed by atoms with E-state index < -0.39 is 34.5 Å². The molecule has 0 spiro atoms. The van der Waals surface area contributed by atoms with Crippen LogP contribution in [0.3, 0.4) is 0 Å². The summed E-state index contributed by atoms with van der Waals surface area (Å²) in [6.45, 7) is 15.0. The van der Waals surface area contributed by atoms with E-state index >= 15 is 0 Å². The largest absolute Gasteiger partial charge is 1.00 e. The van der Waals surface area contributed by atoms with Crippen molar-refractivity contribution in [3.05, 3.63) is 0 Å². The molecule has 0 amide bonds. The Morgan fingerprint density at radius 2 is 0.987 bits per heavy atom. The zero-order chi connectivity index (χ0) is 56.7. The third-order valence-electron chi connectivity index (χ3n) is 13.0. The van der Waals surface area contributed by atoms with Gasteiger partial charge in [0.1, 0.15) is 17.0 Å². The average Bonchev–Trinajstić information content (AvgIpc) is 3.31. The molecule has 0 aromatic heterocycles. The number of aliphatic carboxylic acids is 3. The summed E-state index contributed by atoms with van der Waals surface area (Å²) in [7, 11) is 7.95. The van der Waals surface area contributed by atoms with Gasteiger partial charge in [0.05, 0.1) is 19.3 Å².